The molecule has 0 spiro atoms. The molecule has 1 unspecified atom stereocenters. The molecule has 0 saturated carbocycles. The van der Waals surface area contributed by atoms with Gasteiger partial charge in [0, 0.05) is 13.1 Å². The van der Waals surface area contributed by atoms with E-state index >= 15 is 0 Å². The van der Waals surface area contributed by atoms with Gasteiger partial charge in [-0.25, -0.2) is 0 Å². The van der Waals surface area contributed by atoms with Crippen molar-refractivity contribution >= 4 is 5.96 Å². The van der Waals surface area contributed by atoms with E-state index in [2.05, 4.69) is 22.5 Å². The van der Waals surface area contributed by atoms with Crippen LogP contribution in [0.2, 0.25) is 0 Å². The summed E-state index contributed by atoms with van der Waals surface area (Å²) in [6.07, 6.45) is 4.13. The number of hydrogen-bond acceptors (Lipinski definition) is 4. The Morgan fingerprint density at radius 1 is 1.08 bits per heavy atom. The standard InChI is InChI=1S/C19H33N3O3/c1-5-7-8-9-12-21-19(20-6-2)22-14-16(23)15-10-11-17(24-3)18(13-15)25-4/h10-11,13,16,23H,5-9,12,14H2,1-4H3,(H2,20,21,22). The van der Waals surface area contributed by atoms with Gasteiger partial charge in [-0.15, -0.1) is 0 Å². The number of aliphatic hydroxyl groups excluding tert-OH is 1. The highest BCUT2D eigenvalue weighted by atomic mass is 16.5. The van der Waals surface area contributed by atoms with Crippen molar-refractivity contribution in [3.8, 4) is 11.5 Å². The van der Waals surface area contributed by atoms with E-state index in [0.717, 1.165) is 31.0 Å². The highest BCUT2D eigenvalue weighted by Crippen LogP contribution is 2.29. The Kier molecular flexibility index (Phi) is 10.5. The number of nitrogens with zero attached hydrogens (tertiary/aromatic N) is 1. The summed E-state index contributed by atoms with van der Waals surface area (Å²) in [7, 11) is 3.17. The van der Waals surface area contributed by atoms with Crippen molar-refractivity contribution in [3.63, 3.8) is 0 Å². The maximum absolute atomic E-state index is 10.4. The van der Waals surface area contributed by atoms with Gasteiger partial charge >= 0.3 is 0 Å². The van der Waals surface area contributed by atoms with E-state index < -0.39 is 6.10 Å². The number of unbranched alkanes of at least 4 members (excludes halogenated alkanes) is 3. The Hall–Kier alpha value is -1.95. The topological polar surface area (TPSA) is 75.1 Å². The van der Waals surface area contributed by atoms with Gasteiger partial charge in [-0.1, -0.05) is 32.3 Å². The fourth-order valence-corrected chi connectivity index (χ4v) is 2.44. The summed E-state index contributed by atoms with van der Waals surface area (Å²) in [5.41, 5.74) is 0.750. The molecule has 25 heavy (non-hydrogen) atoms. The molecule has 0 saturated heterocycles. The molecule has 0 fully saturated rings. The highest BCUT2D eigenvalue weighted by molar-refractivity contribution is 5.79. The molecule has 3 N–H and O–H groups in total. The second-order valence-corrected chi connectivity index (χ2v) is 5.84. The number of hydrogen-bond donors (Lipinski definition) is 3. The molecule has 6 heteroatoms. The molecule has 0 aliphatic heterocycles. The van der Waals surface area contributed by atoms with Crippen molar-refractivity contribution in [1.29, 1.82) is 0 Å². The number of benzene rings is 1. The van der Waals surface area contributed by atoms with E-state index in [4.69, 9.17) is 9.47 Å². The first-order valence-electron chi connectivity index (χ1n) is 9.08. The first-order valence-corrected chi connectivity index (χ1v) is 9.08. The van der Waals surface area contributed by atoms with Crippen molar-refractivity contribution < 1.29 is 14.6 Å². The largest absolute Gasteiger partial charge is 0.493 e. The molecule has 0 heterocycles. The summed E-state index contributed by atoms with van der Waals surface area (Å²) in [6, 6.07) is 5.40. The van der Waals surface area contributed by atoms with Crippen LogP contribution in [-0.2, 0) is 0 Å². The SMILES string of the molecule is CCCCCCNC(=NCC(O)c1ccc(OC)c(OC)c1)NCC. The third kappa shape index (κ3) is 7.65. The van der Waals surface area contributed by atoms with Crippen LogP contribution in [0.25, 0.3) is 0 Å². The maximum atomic E-state index is 10.4. The van der Waals surface area contributed by atoms with E-state index in [9.17, 15) is 5.11 Å². The molecule has 142 valence electrons. The summed E-state index contributed by atoms with van der Waals surface area (Å²) < 4.78 is 10.5. The monoisotopic (exact) mass is 351 g/mol. The molecule has 0 aromatic heterocycles. The Morgan fingerprint density at radius 2 is 1.84 bits per heavy atom. The summed E-state index contributed by atoms with van der Waals surface area (Å²) >= 11 is 0. The van der Waals surface area contributed by atoms with Gasteiger partial charge in [0.05, 0.1) is 26.9 Å². The molecular weight excluding hydrogens is 318 g/mol. The van der Waals surface area contributed by atoms with Gasteiger partial charge in [-0.3, -0.25) is 4.99 Å². The Labute approximate surface area is 151 Å². The molecule has 1 rings (SSSR count). The Bertz CT molecular complexity index is 521. The molecule has 0 aliphatic carbocycles. The smallest absolute Gasteiger partial charge is 0.191 e. The number of aliphatic hydroxyl groups is 1. The minimum absolute atomic E-state index is 0.278. The van der Waals surface area contributed by atoms with Crippen LogP contribution in [0.4, 0.5) is 0 Å². The molecule has 0 bridgehead atoms. The lowest BCUT2D eigenvalue weighted by atomic mass is 10.1. The van der Waals surface area contributed by atoms with Crippen LogP contribution in [0.5, 0.6) is 11.5 Å². The maximum Gasteiger partial charge on any atom is 0.191 e. The predicted molar refractivity (Wildman–Crippen MR) is 103 cm³/mol. The van der Waals surface area contributed by atoms with Crippen molar-refractivity contribution in [1.82, 2.24) is 10.6 Å². The zero-order chi connectivity index (χ0) is 18.5. The van der Waals surface area contributed by atoms with Gasteiger partial charge in [0.25, 0.3) is 0 Å². The van der Waals surface area contributed by atoms with Crippen LogP contribution < -0.4 is 20.1 Å². The Morgan fingerprint density at radius 3 is 2.48 bits per heavy atom. The minimum atomic E-state index is -0.699. The van der Waals surface area contributed by atoms with Gasteiger partial charge < -0.3 is 25.2 Å². The Balaban J connectivity index is 2.62. The number of ether oxygens (including phenoxy) is 2. The van der Waals surface area contributed by atoms with Gasteiger partial charge in [-0.2, -0.15) is 0 Å². The van der Waals surface area contributed by atoms with E-state index in [1.165, 1.54) is 19.3 Å². The van der Waals surface area contributed by atoms with E-state index in [-0.39, 0.29) is 6.54 Å². The minimum Gasteiger partial charge on any atom is -0.493 e. The lowest BCUT2D eigenvalue weighted by Gasteiger charge is -2.15. The number of rotatable bonds is 11. The molecule has 0 amide bonds. The van der Waals surface area contributed by atoms with Crippen molar-refractivity contribution in [2.24, 2.45) is 4.99 Å². The predicted octanol–water partition coefficient (Wildman–Crippen LogP) is 2.87. The summed E-state index contributed by atoms with van der Waals surface area (Å²) in [4.78, 5) is 4.48. The summed E-state index contributed by atoms with van der Waals surface area (Å²) in [5.74, 6) is 1.98. The zero-order valence-corrected chi connectivity index (χ0v) is 16.0. The molecule has 1 atom stereocenters. The van der Waals surface area contributed by atoms with E-state index in [1.54, 1.807) is 26.4 Å². The first-order chi connectivity index (χ1) is 12.2. The third-order valence-electron chi connectivity index (χ3n) is 3.88. The van der Waals surface area contributed by atoms with Gasteiger partial charge in [0.15, 0.2) is 17.5 Å². The number of aliphatic imine (C=N–C) groups is 1. The second-order valence-electron chi connectivity index (χ2n) is 5.84. The van der Waals surface area contributed by atoms with Gasteiger partial charge in [0.1, 0.15) is 0 Å². The molecule has 6 nitrogen and oxygen atoms in total. The van der Waals surface area contributed by atoms with Crippen molar-refractivity contribution in [2.75, 3.05) is 33.9 Å². The molecule has 1 aromatic carbocycles. The summed E-state index contributed by atoms with van der Waals surface area (Å²) in [5, 5.41) is 16.9. The zero-order valence-electron chi connectivity index (χ0n) is 16.0. The lowest BCUT2D eigenvalue weighted by Crippen LogP contribution is -2.38. The quantitative estimate of drug-likeness (QED) is 0.325. The molecule has 0 radical (unpaired) electrons. The normalized spacial score (nSPS) is 12.6. The average molecular weight is 351 g/mol. The number of methoxy groups -OCH3 is 2. The van der Waals surface area contributed by atoms with Crippen LogP contribution in [0.15, 0.2) is 23.2 Å². The van der Waals surface area contributed by atoms with Crippen LogP contribution in [-0.4, -0.2) is 44.9 Å². The molecule has 1 aromatic rings. The fraction of sp³-hybridized carbons (Fsp3) is 0.632. The third-order valence-corrected chi connectivity index (χ3v) is 3.88. The second kappa shape index (κ2) is 12.4. The van der Waals surface area contributed by atoms with Crippen molar-refractivity contribution in [2.45, 2.75) is 45.6 Å². The van der Waals surface area contributed by atoms with Crippen LogP contribution in [0.3, 0.4) is 0 Å². The van der Waals surface area contributed by atoms with Crippen molar-refractivity contribution in [3.05, 3.63) is 23.8 Å². The molecular formula is C19H33N3O3. The summed E-state index contributed by atoms with van der Waals surface area (Å²) in [6.45, 7) is 6.18. The van der Waals surface area contributed by atoms with Gasteiger partial charge in [-0.05, 0) is 31.0 Å². The number of guanidine groups is 1. The molecule has 0 aliphatic rings. The van der Waals surface area contributed by atoms with E-state index in [0.29, 0.717) is 11.5 Å². The van der Waals surface area contributed by atoms with Gasteiger partial charge in [0.2, 0.25) is 0 Å². The van der Waals surface area contributed by atoms with Crippen LogP contribution in [0.1, 0.15) is 51.2 Å². The average Bonchev–Trinajstić information content (AvgIpc) is 2.64. The first kappa shape index (κ1) is 21.1. The fourth-order valence-electron chi connectivity index (χ4n) is 2.44. The van der Waals surface area contributed by atoms with E-state index in [1.807, 2.05) is 13.0 Å². The number of nitrogens with one attached hydrogen (secondary N) is 2. The van der Waals surface area contributed by atoms with Crippen LogP contribution in [0, 0.1) is 0 Å². The lowest BCUT2D eigenvalue weighted by molar-refractivity contribution is 0.186. The van der Waals surface area contributed by atoms with Crippen LogP contribution >= 0.6 is 0 Å². The highest BCUT2D eigenvalue weighted by Gasteiger charge is 2.11.